The van der Waals surface area contributed by atoms with Gasteiger partial charge >= 0.3 is 0 Å². The number of halogens is 1. The third-order valence-corrected chi connectivity index (χ3v) is 3.07. The number of nitrogen functional groups attached to an aromatic ring is 1. The van der Waals surface area contributed by atoms with Crippen LogP contribution < -0.4 is 11.3 Å². The molecule has 7 heteroatoms. The molecule has 0 fully saturated rings. The van der Waals surface area contributed by atoms with E-state index < -0.39 is 0 Å². The van der Waals surface area contributed by atoms with Crippen LogP contribution in [-0.4, -0.2) is 19.7 Å². The van der Waals surface area contributed by atoms with Gasteiger partial charge in [0.2, 0.25) is 0 Å². The van der Waals surface area contributed by atoms with Gasteiger partial charge in [-0.25, -0.2) is 20.5 Å². The van der Waals surface area contributed by atoms with Gasteiger partial charge in [-0.05, 0) is 17.7 Å². The summed E-state index contributed by atoms with van der Waals surface area (Å²) in [5.74, 6) is 5.96. The first kappa shape index (κ1) is 11.9. The molecule has 0 aliphatic carbocycles. The summed E-state index contributed by atoms with van der Waals surface area (Å²) in [6, 6.07) is 7.62. The van der Waals surface area contributed by atoms with Crippen molar-refractivity contribution in [1.82, 2.24) is 19.7 Å². The number of nitrogens with two attached hydrogens (primary N) is 1. The fourth-order valence-corrected chi connectivity index (χ4v) is 2.01. The summed E-state index contributed by atoms with van der Waals surface area (Å²) in [4.78, 5) is 8.27. The minimum absolute atomic E-state index is 0.562. The molecule has 3 aromatic rings. The molecule has 96 valence electrons. The first-order chi connectivity index (χ1) is 9.28. The number of hydrazine groups is 1. The first-order valence-corrected chi connectivity index (χ1v) is 6.03. The van der Waals surface area contributed by atoms with Crippen LogP contribution in [0.1, 0.15) is 5.56 Å². The molecule has 0 aliphatic rings. The van der Waals surface area contributed by atoms with Crippen molar-refractivity contribution in [3.05, 3.63) is 47.4 Å². The van der Waals surface area contributed by atoms with Gasteiger partial charge in [-0.1, -0.05) is 23.7 Å². The monoisotopic (exact) mass is 274 g/mol. The summed E-state index contributed by atoms with van der Waals surface area (Å²) in [5.41, 5.74) is 4.36. The lowest BCUT2D eigenvalue weighted by molar-refractivity contribution is 0.704. The van der Waals surface area contributed by atoms with E-state index >= 15 is 0 Å². The Labute approximate surface area is 114 Å². The summed E-state index contributed by atoms with van der Waals surface area (Å²) in [7, 11) is 0. The van der Waals surface area contributed by atoms with Crippen LogP contribution in [0, 0.1) is 0 Å². The van der Waals surface area contributed by atoms with Gasteiger partial charge < -0.3 is 5.43 Å². The van der Waals surface area contributed by atoms with E-state index in [2.05, 4.69) is 20.5 Å². The molecule has 0 saturated heterocycles. The molecule has 0 bridgehead atoms. The molecule has 19 heavy (non-hydrogen) atoms. The molecule has 3 rings (SSSR count). The SMILES string of the molecule is NNc1ncnc2c1cnn2Cc1ccc(Cl)cc1. The average molecular weight is 275 g/mol. The fourth-order valence-electron chi connectivity index (χ4n) is 1.89. The summed E-state index contributed by atoms with van der Waals surface area (Å²) in [6.45, 7) is 0.613. The molecule has 6 nitrogen and oxygen atoms in total. The maximum absolute atomic E-state index is 5.86. The van der Waals surface area contributed by atoms with Gasteiger partial charge in [0.15, 0.2) is 11.5 Å². The van der Waals surface area contributed by atoms with Crippen LogP contribution >= 0.6 is 11.6 Å². The highest BCUT2D eigenvalue weighted by Crippen LogP contribution is 2.18. The second-order valence-electron chi connectivity index (χ2n) is 4.03. The molecule has 1 aromatic carbocycles. The molecule has 2 aromatic heterocycles. The zero-order valence-corrected chi connectivity index (χ0v) is 10.7. The molecule has 0 amide bonds. The Morgan fingerprint density at radius 3 is 2.74 bits per heavy atom. The number of hydrogen-bond donors (Lipinski definition) is 2. The molecule has 3 N–H and O–H groups in total. The van der Waals surface area contributed by atoms with E-state index in [-0.39, 0.29) is 0 Å². The van der Waals surface area contributed by atoms with Gasteiger partial charge in [-0.15, -0.1) is 0 Å². The third-order valence-electron chi connectivity index (χ3n) is 2.82. The Morgan fingerprint density at radius 1 is 1.21 bits per heavy atom. The average Bonchev–Trinajstić information content (AvgIpc) is 2.84. The molecule has 0 spiro atoms. The predicted octanol–water partition coefficient (Wildman–Crippen LogP) is 1.81. The quantitative estimate of drug-likeness (QED) is 0.562. The van der Waals surface area contributed by atoms with Crippen LogP contribution in [-0.2, 0) is 6.54 Å². The van der Waals surface area contributed by atoms with Gasteiger partial charge in [-0.2, -0.15) is 5.10 Å². The Morgan fingerprint density at radius 2 is 2.00 bits per heavy atom. The normalized spacial score (nSPS) is 10.8. The topological polar surface area (TPSA) is 81.7 Å². The summed E-state index contributed by atoms with van der Waals surface area (Å²) < 4.78 is 1.79. The van der Waals surface area contributed by atoms with E-state index in [1.54, 1.807) is 10.9 Å². The number of nitrogens with zero attached hydrogens (tertiary/aromatic N) is 4. The lowest BCUT2D eigenvalue weighted by atomic mass is 10.2. The van der Waals surface area contributed by atoms with Gasteiger partial charge in [-0.3, -0.25) is 0 Å². The number of hydrogen-bond acceptors (Lipinski definition) is 5. The Balaban J connectivity index is 1.99. The van der Waals surface area contributed by atoms with Crippen LogP contribution in [0.25, 0.3) is 11.0 Å². The van der Waals surface area contributed by atoms with Gasteiger partial charge in [0.25, 0.3) is 0 Å². The van der Waals surface area contributed by atoms with Gasteiger partial charge in [0, 0.05) is 5.02 Å². The van der Waals surface area contributed by atoms with Crippen molar-refractivity contribution in [3.63, 3.8) is 0 Å². The first-order valence-electron chi connectivity index (χ1n) is 5.65. The van der Waals surface area contributed by atoms with Crippen molar-refractivity contribution in [3.8, 4) is 0 Å². The summed E-state index contributed by atoms with van der Waals surface area (Å²) in [5, 5.41) is 5.81. The summed E-state index contributed by atoms with van der Waals surface area (Å²) in [6.07, 6.45) is 3.15. The minimum atomic E-state index is 0.562. The summed E-state index contributed by atoms with van der Waals surface area (Å²) >= 11 is 5.86. The number of anilines is 1. The van der Waals surface area contributed by atoms with E-state index in [0.717, 1.165) is 16.6 Å². The third kappa shape index (κ3) is 2.23. The molecule has 0 saturated carbocycles. The number of rotatable bonds is 3. The second kappa shape index (κ2) is 4.83. The second-order valence-corrected chi connectivity index (χ2v) is 4.47. The van der Waals surface area contributed by atoms with Crippen molar-refractivity contribution in [2.45, 2.75) is 6.54 Å². The van der Waals surface area contributed by atoms with E-state index in [4.69, 9.17) is 17.4 Å². The lowest BCUT2D eigenvalue weighted by Crippen LogP contribution is -2.09. The van der Waals surface area contributed by atoms with Crippen molar-refractivity contribution in [2.75, 3.05) is 5.43 Å². The zero-order chi connectivity index (χ0) is 13.2. The van der Waals surface area contributed by atoms with Crippen molar-refractivity contribution < 1.29 is 0 Å². The highest BCUT2D eigenvalue weighted by atomic mass is 35.5. The minimum Gasteiger partial charge on any atom is -0.308 e. The predicted molar refractivity (Wildman–Crippen MR) is 73.7 cm³/mol. The van der Waals surface area contributed by atoms with E-state index in [1.807, 2.05) is 24.3 Å². The molecule has 2 heterocycles. The Bertz CT molecular complexity index is 706. The molecular formula is C12H11ClN6. The van der Waals surface area contributed by atoms with Gasteiger partial charge in [0.1, 0.15) is 6.33 Å². The van der Waals surface area contributed by atoms with E-state index in [1.165, 1.54) is 6.33 Å². The molecule has 0 atom stereocenters. The highest BCUT2D eigenvalue weighted by molar-refractivity contribution is 6.30. The van der Waals surface area contributed by atoms with Crippen LogP contribution in [0.4, 0.5) is 5.82 Å². The van der Waals surface area contributed by atoms with Crippen LogP contribution in [0.2, 0.25) is 5.02 Å². The largest absolute Gasteiger partial charge is 0.308 e. The molecule has 0 radical (unpaired) electrons. The van der Waals surface area contributed by atoms with Crippen LogP contribution in [0.15, 0.2) is 36.8 Å². The number of fused-ring (bicyclic) bond motifs is 1. The van der Waals surface area contributed by atoms with Gasteiger partial charge in [0.05, 0.1) is 18.1 Å². The standard InChI is InChI=1S/C12H11ClN6/c13-9-3-1-8(2-4-9)6-19-12-10(5-17-19)11(18-14)15-7-16-12/h1-5,7H,6,14H2,(H,15,16,18). The maximum Gasteiger partial charge on any atom is 0.163 e. The van der Waals surface area contributed by atoms with Crippen LogP contribution in [0.3, 0.4) is 0 Å². The van der Waals surface area contributed by atoms with E-state index in [9.17, 15) is 0 Å². The fraction of sp³-hybridized carbons (Fsp3) is 0.0833. The highest BCUT2D eigenvalue weighted by Gasteiger charge is 2.09. The number of benzene rings is 1. The van der Waals surface area contributed by atoms with Crippen molar-refractivity contribution in [1.29, 1.82) is 0 Å². The van der Waals surface area contributed by atoms with E-state index in [0.29, 0.717) is 17.4 Å². The zero-order valence-electron chi connectivity index (χ0n) is 9.92. The molecule has 0 aliphatic heterocycles. The Kier molecular flexibility index (Phi) is 3.02. The number of aromatic nitrogens is 4. The maximum atomic E-state index is 5.86. The van der Waals surface area contributed by atoms with Crippen LogP contribution in [0.5, 0.6) is 0 Å². The van der Waals surface area contributed by atoms with Crippen molar-refractivity contribution in [2.24, 2.45) is 5.84 Å². The molecular weight excluding hydrogens is 264 g/mol. The smallest absolute Gasteiger partial charge is 0.163 e. The van der Waals surface area contributed by atoms with Crippen molar-refractivity contribution >= 4 is 28.5 Å². The molecule has 0 unspecified atom stereocenters. The lowest BCUT2D eigenvalue weighted by Gasteiger charge is -2.04. The number of nitrogens with one attached hydrogen (secondary N) is 1. The Hall–Kier alpha value is -2.18.